The largest absolute Gasteiger partial charge is 0.273 e. The molecule has 96 valence electrons. The SMILES string of the molecule is Cc1ccc(S(=O)(=O)N(C)CC#N)cc1[N+](=O)[O-]. The van der Waals surface area contributed by atoms with Gasteiger partial charge in [-0.15, -0.1) is 0 Å². The third-order valence-corrected chi connectivity index (χ3v) is 4.18. The van der Waals surface area contributed by atoms with Crippen LogP contribution >= 0.6 is 0 Å². The molecule has 0 amide bonds. The number of aryl methyl sites for hydroxylation is 1. The summed E-state index contributed by atoms with van der Waals surface area (Å²) in [4.78, 5) is 9.90. The number of rotatable bonds is 4. The van der Waals surface area contributed by atoms with Gasteiger partial charge >= 0.3 is 0 Å². The minimum Gasteiger partial charge on any atom is -0.258 e. The van der Waals surface area contributed by atoms with Crippen molar-refractivity contribution < 1.29 is 13.3 Å². The van der Waals surface area contributed by atoms with Crippen LogP contribution in [0.5, 0.6) is 0 Å². The lowest BCUT2D eigenvalue weighted by Gasteiger charge is -2.13. The van der Waals surface area contributed by atoms with Crippen LogP contribution in [-0.4, -0.2) is 31.2 Å². The highest BCUT2D eigenvalue weighted by Crippen LogP contribution is 2.23. The maximum Gasteiger partial charge on any atom is 0.273 e. The first-order valence-corrected chi connectivity index (χ1v) is 6.33. The summed E-state index contributed by atoms with van der Waals surface area (Å²) in [6.45, 7) is 1.21. The van der Waals surface area contributed by atoms with Crippen LogP contribution < -0.4 is 0 Å². The van der Waals surface area contributed by atoms with Crippen molar-refractivity contribution in [2.24, 2.45) is 0 Å². The Kier molecular flexibility index (Phi) is 4.00. The Hall–Kier alpha value is -1.98. The van der Waals surface area contributed by atoms with Gasteiger partial charge in [-0.3, -0.25) is 10.1 Å². The molecule has 0 atom stereocenters. The summed E-state index contributed by atoms with van der Waals surface area (Å²) < 4.78 is 24.8. The second-order valence-electron chi connectivity index (χ2n) is 3.62. The van der Waals surface area contributed by atoms with E-state index in [0.717, 1.165) is 10.4 Å². The molecule has 0 fully saturated rings. The molecule has 18 heavy (non-hydrogen) atoms. The van der Waals surface area contributed by atoms with Gasteiger partial charge in [-0.25, -0.2) is 8.42 Å². The van der Waals surface area contributed by atoms with E-state index in [0.29, 0.717) is 5.56 Å². The van der Waals surface area contributed by atoms with Gasteiger partial charge in [-0.2, -0.15) is 9.57 Å². The van der Waals surface area contributed by atoms with Gasteiger partial charge in [0.15, 0.2) is 0 Å². The summed E-state index contributed by atoms with van der Waals surface area (Å²) in [5.41, 5.74) is 0.114. The number of nitriles is 1. The molecule has 1 aromatic rings. The highest BCUT2D eigenvalue weighted by atomic mass is 32.2. The molecule has 0 saturated carbocycles. The van der Waals surface area contributed by atoms with Crippen LogP contribution in [0.2, 0.25) is 0 Å². The van der Waals surface area contributed by atoms with Crippen molar-refractivity contribution in [2.45, 2.75) is 11.8 Å². The van der Waals surface area contributed by atoms with E-state index in [1.54, 1.807) is 6.07 Å². The summed E-state index contributed by atoms with van der Waals surface area (Å²) in [5.74, 6) is 0. The molecule has 0 aliphatic carbocycles. The zero-order valence-corrected chi connectivity index (χ0v) is 10.6. The number of nitro benzene ring substituents is 1. The van der Waals surface area contributed by atoms with Crippen LogP contribution in [0.3, 0.4) is 0 Å². The lowest BCUT2D eigenvalue weighted by Crippen LogP contribution is -2.27. The van der Waals surface area contributed by atoms with Gasteiger partial charge < -0.3 is 0 Å². The minimum atomic E-state index is -3.87. The molecule has 0 spiro atoms. The summed E-state index contributed by atoms with van der Waals surface area (Å²) in [7, 11) is -2.63. The highest BCUT2D eigenvalue weighted by Gasteiger charge is 2.23. The van der Waals surface area contributed by atoms with Crippen molar-refractivity contribution in [3.63, 3.8) is 0 Å². The number of hydrogen-bond acceptors (Lipinski definition) is 5. The normalized spacial score (nSPS) is 11.2. The molecule has 0 aliphatic heterocycles. The lowest BCUT2D eigenvalue weighted by atomic mass is 10.2. The first-order chi connectivity index (χ1) is 8.30. The maximum atomic E-state index is 12.0. The van der Waals surface area contributed by atoms with E-state index < -0.39 is 14.9 Å². The van der Waals surface area contributed by atoms with Gasteiger partial charge in [0.25, 0.3) is 5.69 Å². The van der Waals surface area contributed by atoms with Crippen molar-refractivity contribution in [3.05, 3.63) is 33.9 Å². The van der Waals surface area contributed by atoms with E-state index in [4.69, 9.17) is 5.26 Å². The zero-order chi connectivity index (χ0) is 13.9. The molecular weight excluding hydrogens is 258 g/mol. The van der Waals surface area contributed by atoms with Crippen LogP contribution in [0.25, 0.3) is 0 Å². The van der Waals surface area contributed by atoms with E-state index in [1.807, 2.05) is 0 Å². The first kappa shape index (κ1) is 14.1. The second kappa shape index (κ2) is 5.12. The molecule has 0 heterocycles. The third-order valence-electron chi connectivity index (χ3n) is 2.38. The molecule has 0 unspecified atom stereocenters. The Labute approximate surface area is 104 Å². The van der Waals surface area contributed by atoms with Gasteiger partial charge in [-0.1, -0.05) is 6.07 Å². The van der Waals surface area contributed by atoms with Crippen molar-refractivity contribution >= 4 is 15.7 Å². The average Bonchev–Trinajstić information content (AvgIpc) is 2.29. The molecule has 0 aliphatic rings. The monoisotopic (exact) mass is 269 g/mol. The van der Waals surface area contributed by atoms with E-state index in [-0.39, 0.29) is 17.1 Å². The zero-order valence-electron chi connectivity index (χ0n) is 9.82. The van der Waals surface area contributed by atoms with Crippen molar-refractivity contribution in [1.82, 2.24) is 4.31 Å². The third kappa shape index (κ3) is 2.64. The maximum absolute atomic E-state index is 12.0. The molecule has 0 N–H and O–H groups in total. The van der Waals surface area contributed by atoms with Gasteiger partial charge in [0.2, 0.25) is 10.0 Å². The standard InChI is InChI=1S/C10H11N3O4S/c1-8-3-4-9(7-10(8)13(14)15)18(16,17)12(2)6-5-11/h3-4,7H,6H2,1-2H3. The van der Waals surface area contributed by atoms with Crippen LogP contribution in [-0.2, 0) is 10.0 Å². The molecule has 0 aromatic heterocycles. The fourth-order valence-corrected chi connectivity index (χ4v) is 2.40. The summed E-state index contributed by atoms with van der Waals surface area (Å²) in [6.07, 6.45) is 0. The van der Waals surface area contributed by atoms with E-state index in [2.05, 4.69) is 0 Å². The lowest BCUT2D eigenvalue weighted by molar-refractivity contribution is -0.385. The topological polar surface area (TPSA) is 104 Å². The second-order valence-corrected chi connectivity index (χ2v) is 5.67. The highest BCUT2D eigenvalue weighted by molar-refractivity contribution is 7.89. The number of benzene rings is 1. The number of sulfonamides is 1. The summed E-state index contributed by atoms with van der Waals surface area (Å²) in [5, 5.41) is 19.2. The Balaban J connectivity index is 3.31. The predicted molar refractivity (Wildman–Crippen MR) is 63.3 cm³/mol. The Morgan fingerprint density at radius 1 is 1.50 bits per heavy atom. The first-order valence-electron chi connectivity index (χ1n) is 4.89. The minimum absolute atomic E-state index is 0.197. The molecule has 1 rings (SSSR count). The van der Waals surface area contributed by atoms with Crippen LogP contribution in [0.15, 0.2) is 23.1 Å². The molecule has 0 saturated heterocycles. The van der Waals surface area contributed by atoms with Gasteiger partial charge in [0.05, 0.1) is 15.9 Å². The molecular formula is C10H11N3O4S. The molecule has 1 aromatic carbocycles. The Bertz CT molecular complexity index is 619. The number of nitro groups is 1. The number of nitrogens with zero attached hydrogens (tertiary/aromatic N) is 3. The van der Waals surface area contributed by atoms with Gasteiger partial charge in [0.1, 0.15) is 6.54 Å². The van der Waals surface area contributed by atoms with Crippen molar-refractivity contribution in [2.75, 3.05) is 13.6 Å². The molecule has 0 radical (unpaired) electrons. The fourth-order valence-electron chi connectivity index (χ4n) is 1.31. The van der Waals surface area contributed by atoms with E-state index >= 15 is 0 Å². The number of hydrogen-bond donors (Lipinski definition) is 0. The summed E-state index contributed by atoms with van der Waals surface area (Å²) >= 11 is 0. The van der Waals surface area contributed by atoms with Crippen LogP contribution in [0.1, 0.15) is 5.56 Å². The fraction of sp³-hybridized carbons (Fsp3) is 0.300. The van der Waals surface area contributed by atoms with E-state index in [9.17, 15) is 18.5 Å². The van der Waals surface area contributed by atoms with Gasteiger partial charge in [0, 0.05) is 18.7 Å². The quantitative estimate of drug-likeness (QED) is 0.461. The smallest absolute Gasteiger partial charge is 0.258 e. The molecule has 0 bridgehead atoms. The van der Waals surface area contributed by atoms with Crippen molar-refractivity contribution in [3.8, 4) is 6.07 Å². The average molecular weight is 269 g/mol. The van der Waals surface area contributed by atoms with Gasteiger partial charge in [-0.05, 0) is 13.0 Å². The van der Waals surface area contributed by atoms with E-state index in [1.165, 1.54) is 26.1 Å². The Morgan fingerprint density at radius 3 is 2.61 bits per heavy atom. The summed E-state index contributed by atoms with van der Waals surface area (Å²) in [6, 6.07) is 5.35. The Morgan fingerprint density at radius 2 is 2.11 bits per heavy atom. The van der Waals surface area contributed by atoms with Crippen molar-refractivity contribution in [1.29, 1.82) is 5.26 Å². The molecule has 7 nitrogen and oxygen atoms in total. The van der Waals surface area contributed by atoms with Crippen LogP contribution in [0, 0.1) is 28.4 Å². The predicted octanol–water partition coefficient (Wildman–Crippen LogP) is 1.05. The molecule has 8 heteroatoms. The van der Waals surface area contributed by atoms with Crippen LogP contribution in [0.4, 0.5) is 5.69 Å².